The summed E-state index contributed by atoms with van der Waals surface area (Å²) in [5, 5.41) is 0. The lowest BCUT2D eigenvalue weighted by molar-refractivity contribution is 0.180. The first kappa shape index (κ1) is 7.05. The third-order valence-electron chi connectivity index (χ3n) is 0.463. The lowest BCUT2D eigenvalue weighted by atomic mass is 10.7. The highest BCUT2D eigenvalue weighted by molar-refractivity contribution is 7.80. The van der Waals surface area contributed by atoms with Gasteiger partial charge in [-0.25, -0.2) is 0 Å². The molecule has 0 aliphatic heterocycles. The van der Waals surface area contributed by atoms with Crippen LogP contribution in [0.4, 0.5) is 0 Å². The second-order valence-electron chi connectivity index (χ2n) is 1.07. The van der Waals surface area contributed by atoms with E-state index in [1.54, 1.807) is 6.08 Å². The van der Waals surface area contributed by atoms with Gasteiger partial charge < -0.3 is 4.74 Å². The highest BCUT2D eigenvalue weighted by Crippen LogP contribution is 1.76. The van der Waals surface area contributed by atoms with Crippen LogP contribution in [0.3, 0.4) is 0 Å². The summed E-state index contributed by atoms with van der Waals surface area (Å²) < 4.78 is 4.91. The molecule has 0 fully saturated rings. The molecule has 0 aliphatic carbocycles. The van der Waals surface area contributed by atoms with Crippen molar-refractivity contribution < 1.29 is 4.74 Å². The van der Waals surface area contributed by atoms with Crippen molar-refractivity contribution in [1.82, 2.24) is 0 Å². The lowest BCUT2D eigenvalue weighted by Gasteiger charge is -1.92. The van der Waals surface area contributed by atoms with Crippen molar-refractivity contribution in [3.05, 3.63) is 12.7 Å². The van der Waals surface area contributed by atoms with Crippen molar-refractivity contribution in [2.75, 3.05) is 19.0 Å². The normalized spacial score (nSPS) is 8.71. The fourth-order valence-electron chi connectivity index (χ4n) is 0.226. The van der Waals surface area contributed by atoms with Crippen molar-refractivity contribution in [2.24, 2.45) is 0 Å². The summed E-state index contributed by atoms with van der Waals surface area (Å²) in [6, 6.07) is 0. The second kappa shape index (κ2) is 6.05. The standard InChI is InChI=1S/C5H9OS/c1-2-3-6-4-5-7/h2H,1,3-5H2. The minimum atomic E-state index is 0.622. The number of rotatable bonds is 4. The summed E-state index contributed by atoms with van der Waals surface area (Å²) in [5.74, 6) is 0.674. The molecule has 0 aromatic rings. The maximum absolute atomic E-state index is 4.91. The molecule has 0 aliphatic rings. The molecule has 0 N–H and O–H groups in total. The minimum absolute atomic E-state index is 0.622. The van der Waals surface area contributed by atoms with E-state index in [0.29, 0.717) is 19.0 Å². The summed E-state index contributed by atoms with van der Waals surface area (Å²) >= 11 is 4.61. The van der Waals surface area contributed by atoms with Crippen molar-refractivity contribution in [3.63, 3.8) is 0 Å². The molecule has 0 saturated heterocycles. The highest BCUT2D eigenvalue weighted by Gasteiger charge is 1.76. The zero-order chi connectivity index (χ0) is 5.54. The van der Waals surface area contributed by atoms with E-state index >= 15 is 0 Å². The van der Waals surface area contributed by atoms with Crippen LogP contribution in [0.2, 0.25) is 0 Å². The quantitative estimate of drug-likeness (QED) is 0.399. The Morgan fingerprint density at radius 3 is 2.86 bits per heavy atom. The van der Waals surface area contributed by atoms with Crippen LogP contribution in [0.5, 0.6) is 0 Å². The molecule has 0 aromatic heterocycles. The smallest absolute Gasteiger partial charge is 0.0645 e. The zero-order valence-corrected chi connectivity index (χ0v) is 5.04. The molecule has 0 unspecified atom stereocenters. The third kappa shape index (κ3) is 6.05. The van der Waals surface area contributed by atoms with E-state index < -0.39 is 0 Å². The molecule has 0 heterocycles. The molecule has 0 aromatic carbocycles. The van der Waals surface area contributed by atoms with Crippen LogP contribution in [0.25, 0.3) is 0 Å². The topological polar surface area (TPSA) is 9.23 Å². The first-order valence-electron chi connectivity index (χ1n) is 2.18. The van der Waals surface area contributed by atoms with E-state index in [-0.39, 0.29) is 0 Å². The van der Waals surface area contributed by atoms with Gasteiger partial charge in [0.25, 0.3) is 0 Å². The number of hydrogen-bond acceptors (Lipinski definition) is 1. The Bertz CT molecular complexity index is 45.3. The van der Waals surface area contributed by atoms with Gasteiger partial charge in [-0.1, -0.05) is 18.7 Å². The predicted octanol–water partition coefficient (Wildman–Crippen LogP) is 1.39. The van der Waals surface area contributed by atoms with E-state index in [2.05, 4.69) is 19.2 Å². The van der Waals surface area contributed by atoms with Crippen LogP contribution in [0, 0.1) is 0 Å². The molecule has 0 rings (SSSR count). The van der Waals surface area contributed by atoms with E-state index in [1.807, 2.05) is 0 Å². The van der Waals surface area contributed by atoms with E-state index in [0.717, 1.165) is 0 Å². The number of ether oxygens (including phenoxy) is 1. The summed E-state index contributed by atoms with van der Waals surface area (Å²) in [4.78, 5) is 0. The third-order valence-corrected chi connectivity index (χ3v) is 0.630. The molecule has 41 valence electrons. The molecule has 0 atom stereocenters. The first-order chi connectivity index (χ1) is 3.41. The largest absolute Gasteiger partial charge is 0.377 e. The van der Waals surface area contributed by atoms with Gasteiger partial charge in [-0.15, -0.1) is 6.58 Å². The lowest BCUT2D eigenvalue weighted by Crippen LogP contribution is -1.93. The Balaban J connectivity index is 2.56. The van der Waals surface area contributed by atoms with Gasteiger partial charge >= 0.3 is 0 Å². The summed E-state index contributed by atoms with van der Waals surface area (Å²) in [6.45, 7) is 4.76. The predicted molar refractivity (Wildman–Crippen MR) is 33.5 cm³/mol. The Kier molecular flexibility index (Phi) is 6.09. The average molecular weight is 117 g/mol. The molecule has 0 amide bonds. The van der Waals surface area contributed by atoms with Crippen LogP contribution in [-0.2, 0) is 4.74 Å². The Labute approximate surface area is 49.8 Å². The average Bonchev–Trinajstić information content (AvgIpc) is 1.69. The summed E-state index contributed by atoms with van der Waals surface area (Å²) in [6.07, 6.45) is 1.71. The fraction of sp³-hybridized carbons (Fsp3) is 0.600. The second-order valence-corrected chi connectivity index (χ2v) is 1.48. The monoisotopic (exact) mass is 117 g/mol. The van der Waals surface area contributed by atoms with Gasteiger partial charge in [0.15, 0.2) is 0 Å². The molecular formula is C5H9OS. The van der Waals surface area contributed by atoms with Crippen LogP contribution in [0.1, 0.15) is 0 Å². The van der Waals surface area contributed by atoms with Crippen LogP contribution < -0.4 is 0 Å². The summed E-state index contributed by atoms with van der Waals surface area (Å²) in [7, 11) is 0. The maximum atomic E-state index is 4.91. The van der Waals surface area contributed by atoms with Gasteiger partial charge in [0.05, 0.1) is 13.2 Å². The van der Waals surface area contributed by atoms with Crippen molar-refractivity contribution in [1.29, 1.82) is 0 Å². The number of hydrogen-bond donors (Lipinski definition) is 0. The Hall–Kier alpha value is 0.0500. The molecule has 0 saturated carbocycles. The van der Waals surface area contributed by atoms with Gasteiger partial charge in [-0.2, -0.15) is 0 Å². The van der Waals surface area contributed by atoms with Gasteiger partial charge in [0, 0.05) is 5.75 Å². The Morgan fingerprint density at radius 1 is 1.71 bits per heavy atom. The molecular weight excluding hydrogens is 108 g/mol. The van der Waals surface area contributed by atoms with E-state index in [4.69, 9.17) is 4.74 Å². The van der Waals surface area contributed by atoms with Crippen molar-refractivity contribution >= 4 is 12.6 Å². The van der Waals surface area contributed by atoms with Crippen LogP contribution in [-0.4, -0.2) is 19.0 Å². The zero-order valence-electron chi connectivity index (χ0n) is 4.22. The van der Waals surface area contributed by atoms with Crippen LogP contribution >= 0.6 is 12.6 Å². The molecule has 1 nitrogen and oxygen atoms in total. The first-order valence-corrected chi connectivity index (χ1v) is 2.76. The molecule has 0 spiro atoms. The Morgan fingerprint density at radius 2 is 2.43 bits per heavy atom. The molecule has 2 heteroatoms. The van der Waals surface area contributed by atoms with Gasteiger partial charge in [-0.3, -0.25) is 0 Å². The highest BCUT2D eigenvalue weighted by atomic mass is 32.1. The van der Waals surface area contributed by atoms with Crippen LogP contribution in [0.15, 0.2) is 12.7 Å². The maximum Gasteiger partial charge on any atom is 0.0645 e. The fourth-order valence-corrected chi connectivity index (χ4v) is 0.343. The summed E-state index contributed by atoms with van der Waals surface area (Å²) in [5.41, 5.74) is 0. The SMILES string of the molecule is C=CCOCC[S]. The van der Waals surface area contributed by atoms with Gasteiger partial charge in [-0.05, 0) is 0 Å². The van der Waals surface area contributed by atoms with Gasteiger partial charge in [0.2, 0.25) is 0 Å². The minimum Gasteiger partial charge on any atom is -0.377 e. The van der Waals surface area contributed by atoms with Crippen molar-refractivity contribution in [3.8, 4) is 0 Å². The molecule has 1 radical (unpaired) electrons. The molecule has 0 bridgehead atoms. The van der Waals surface area contributed by atoms with E-state index in [1.165, 1.54) is 0 Å². The van der Waals surface area contributed by atoms with E-state index in [9.17, 15) is 0 Å². The van der Waals surface area contributed by atoms with Crippen molar-refractivity contribution in [2.45, 2.75) is 0 Å². The van der Waals surface area contributed by atoms with Gasteiger partial charge in [0.1, 0.15) is 0 Å². The molecule has 7 heavy (non-hydrogen) atoms.